The Kier molecular flexibility index (Phi) is 9.69. The minimum Gasteiger partial charge on any atom is -0.495 e. The highest BCUT2D eigenvalue weighted by atomic mass is 35.5. The highest BCUT2D eigenvalue weighted by Gasteiger charge is 2.27. The molecular weight excluding hydrogens is 498 g/mol. The number of methoxy groups -OCH3 is 2. The normalized spacial score (nSPS) is 11.4. The SMILES string of the molecule is COc1ccc(OC)c2sc(N(CCCN(C)C)C(=O)CS(=O)(=O)c3ccc(C)cc3)nc12.Cl. The third-order valence-corrected chi connectivity index (χ3v) is 7.82. The van der Waals surface area contributed by atoms with Crippen LogP contribution in [-0.2, 0) is 14.6 Å². The second-order valence-corrected chi connectivity index (χ2v) is 10.9. The van der Waals surface area contributed by atoms with E-state index in [0.717, 1.165) is 16.8 Å². The first kappa shape index (κ1) is 27.8. The van der Waals surface area contributed by atoms with Gasteiger partial charge in [-0.25, -0.2) is 13.4 Å². The van der Waals surface area contributed by atoms with Gasteiger partial charge in [-0.05, 0) is 58.3 Å². The molecule has 2 aromatic carbocycles. The molecule has 0 aliphatic carbocycles. The smallest absolute Gasteiger partial charge is 0.244 e. The summed E-state index contributed by atoms with van der Waals surface area (Å²) in [5, 5.41) is 0.413. The molecule has 3 aromatic rings. The van der Waals surface area contributed by atoms with Crippen LogP contribution in [0.4, 0.5) is 5.13 Å². The first-order chi connectivity index (χ1) is 15.7. The summed E-state index contributed by atoms with van der Waals surface area (Å²) in [7, 11) is 3.21. The van der Waals surface area contributed by atoms with Crippen LogP contribution in [0.15, 0.2) is 41.3 Å². The molecule has 8 nitrogen and oxygen atoms in total. The molecule has 0 saturated heterocycles. The molecule has 1 aromatic heterocycles. The van der Waals surface area contributed by atoms with E-state index in [0.29, 0.717) is 35.1 Å². The summed E-state index contributed by atoms with van der Waals surface area (Å²) in [6, 6.07) is 10.0. The molecule has 3 rings (SSSR count). The van der Waals surface area contributed by atoms with E-state index in [-0.39, 0.29) is 17.3 Å². The predicted octanol–water partition coefficient (Wildman–Crippen LogP) is 3.80. The number of nitrogens with zero attached hydrogens (tertiary/aromatic N) is 3. The molecule has 0 N–H and O–H groups in total. The topological polar surface area (TPSA) is 89.0 Å². The molecule has 0 bridgehead atoms. The van der Waals surface area contributed by atoms with E-state index in [4.69, 9.17) is 9.47 Å². The number of rotatable bonds is 10. The monoisotopic (exact) mass is 527 g/mol. The van der Waals surface area contributed by atoms with Crippen molar-refractivity contribution >= 4 is 54.8 Å². The van der Waals surface area contributed by atoms with Crippen LogP contribution in [0, 0.1) is 6.92 Å². The molecule has 0 unspecified atom stereocenters. The Morgan fingerprint density at radius 3 is 2.21 bits per heavy atom. The zero-order valence-corrected chi connectivity index (χ0v) is 22.3. The minimum absolute atomic E-state index is 0. The van der Waals surface area contributed by atoms with Crippen LogP contribution in [0.3, 0.4) is 0 Å². The maximum absolute atomic E-state index is 13.3. The van der Waals surface area contributed by atoms with Gasteiger partial charge in [-0.1, -0.05) is 29.0 Å². The predicted molar refractivity (Wildman–Crippen MR) is 139 cm³/mol. The summed E-state index contributed by atoms with van der Waals surface area (Å²) in [4.78, 5) is 21.5. The molecule has 0 fully saturated rings. The Morgan fingerprint density at radius 1 is 1.00 bits per heavy atom. The van der Waals surface area contributed by atoms with Gasteiger partial charge in [-0.15, -0.1) is 12.4 Å². The largest absolute Gasteiger partial charge is 0.495 e. The number of carbonyl (C=O) groups excluding carboxylic acids is 1. The first-order valence-electron chi connectivity index (χ1n) is 10.4. The van der Waals surface area contributed by atoms with Gasteiger partial charge in [0.1, 0.15) is 27.5 Å². The van der Waals surface area contributed by atoms with Gasteiger partial charge in [0.15, 0.2) is 15.0 Å². The molecule has 0 radical (unpaired) electrons. The van der Waals surface area contributed by atoms with Gasteiger partial charge >= 0.3 is 0 Å². The van der Waals surface area contributed by atoms with Crippen molar-refractivity contribution < 1.29 is 22.7 Å². The molecule has 1 heterocycles. The zero-order chi connectivity index (χ0) is 24.2. The maximum Gasteiger partial charge on any atom is 0.244 e. The van der Waals surface area contributed by atoms with Gasteiger partial charge in [-0.3, -0.25) is 9.69 Å². The summed E-state index contributed by atoms with van der Waals surface area (Å²) in [5.74, 6) is 0.0116. The average molecular weight is 528 g/mol. The quantitative estimate of drug-likeness (QED) is 0.396. The van der Waals surface area contributed by atoms with Crippen molar-refractivity contribution in [2.75, 3.05) is 52.1 Å². The molecule has 1 amide bonds. The number of aromatic nitrogens is 1. The van der Waals surface area contributed by atoms with Crippen molar-refractivity contribution in [1.82, 2.24) is 9.88 Å². The number of hydrogen-bond acceptors (Lipinski definition) is 8. The summed E-state index contributed by atoms with van der Waals surface area (Å²) < 4.78 is 37.5. The molecule has 0 aliphatic rings. The fourth-order valence-electron chi connectivity index (χ4n) is 3.33. The number of anilines is 1. The van der Waals surface area contributed by atoms with Crippen LogP contribution < -0.4 is 14.4 Å². The van der Waals surface area contributed by atoms with Gasteiger partial charge in [0.05, 0.1) is 19.1 Å². The van der Waals surface area contributed by atoms with Crippen molar-refractivity contribution in [3.05, 3.63) is 42.0 Å². The number of ether oxygens (including phenoxy) is 2. The molecule has 34 heavy (non-hydrogen) atoms. The zero-order valence-electron chi connectivity index (χ0n) is 19.9. The third-order valence-electron chi connectivity index (χ3n) is 5.11. The van der Waals surface area contributed by atoms with Gasteiger partial charge in [-0.2, -0.15) is 0 Å². The lowest BCUT2D eigenvalue weighted by Gasteiger charge is -2.21. The summed E-state index contributed by atoms with van der Waals surface area (Å²) in [6.07, 6.45) is 0.660. The Labute approximate surface area is 210 Å². The van der Waals surface area contributed by atoms with Gasteiger partial charge < -0.3 is 14.4 Å². The number of amides is 1. The fourth-order valence-corrected chi connectivity index (χ4v) is 5.65. The van der Waals surface area contributed by atoms with E-state index in [1.807, 2.05) is 25.9 Å². The highest BCUT2D eigenvalue weighted by Crippen LogP contribution is 2.40. The van der Waals surface area contributed by atoms with Crippen LogP contribution >= 0.6 is 23.7 Å². The Hall–Kier alpha value is -2.40. The number of halogens is 1. The van der Waals surface area contributed by atoms with E-state index in [1.54, 1.807) is 38.5 Å². The van der Waals surface area contributed by atoms with Crippen LogP contribution in [0.1, 0.15) is 12.0 Å². The number of fused-ring (bicyclic) bond motifs is 1. The van der Waals surface area contributed by atoms with Gasteiger partial charge in [0.2, 0.25) is 5.91 Å². The fraction of sp³-hybridized carbons (Fsp3) is 0.391. The average Bonchev–Trinajstić information content (AvgIpc) is 3.20. The maximum atomic E-state index is 13.3. The summed E-state index contributed by atoms with van der Waals surface area (Å²) in [6.45, 7) is 2.96. The van der Waals surface area contributed by atoms with Crippen molar-refractivity contribution in [2.24, 2.45) is 0 Å². The molecule has 0 spiro atoms. The van der Waals surface area contributed by atoms with Crippen LogP contribution in [0.5, 0.6) is 11.5 Å². The van der Waals surface area contributed by atoms with Crippen molar-refractivity contribution in [3.63, 3.8) is 0 Å². The summed E-state index contributed by atoms with van der Waals surface area (Å²) in [5.41, 5.74) is 1.52. The van der Waals surface area contributed by atoms with Crippen molar-refractivity contribution in [1.29, 1.82) is 0 Å². The molecular formula is C23H30ClN3O5S2. The van der Waals surface area contributed by atoms with E-state index in [1.165, 1.54) is 28.4 Å². The Bertz CT molecular complexity index is 1190. The van der Waals surface area contributed by atoms with Crippen LogP contribution in [0.2, 0.25) is 0 Å². The number of thiazole rings is 1. The molecule has 0 atom stereocenters. The standard InChI is InChI=1S/C23H29N3O5S2.ClH/c1-16-7-9-17(10-8-16)33(28,29)15-20(27)26(14-6-13-25(2)3)23-24-21-18(30-4)11-12-19(31-5)22(21)32-23;/h7-12H,6,13-15H2,1-5H3;1H. The number of hydrogen-bond donors (Lipinski definition) is 0. The van der Waals surface area contributed by atoms with Gasteiger partial charge in [0, 0.05) is 6.54 Å². The second kappa shape index (κ2) is 11.8. The molecule has 11 heteroatoms. The van der Waals surface area contributed by atoms with Gasteiger partial charge in [0.25, 0.3) is 0 Å². The molecule has 0 saturated carbocycles. The Balaban J connectivity index is 0.00000408. The molecule has 0 aliphatic heterocycles. The van der Waals surface area contributed by atoms with Crippen LogP contribution in [0.25, 0.3) is 10.2 Å². The molecule has 186 valence electrons. The number of aryl methyl sites for hydroxylation is 1. The summed E-state index contributed by atoms with van der Waals surface area (Å²) >= 11 is 1.28. The number of benzene rings is 2. The lowest BCUT2D eigenvalue weighted by atomic mass is 10.2. The van der Waals surface area contributed by atoms with E-state index in [9.17, 15) is 13.2 Å². The van der Waals surface area contributed by atoms with E-state index >= 15 is 0 Å². The lowest BCUT2D eigenvalue weighted by molar-refractivity contribution is -0.116. The Morgan fingerprint density at radius 2 is 1.62 bits per heavy atom. The third kappa shape index (κ3) is 6.38. The van der Waals surface area contributed by atoms with E-state index in [2.05, 4.69) is 4.98 Å². The second-order valence-electron chi connectivity index (χ2n) is 7.92. The van der Waals surface area contributed by atoms with E-state index < -0.39 is 21.5 Å². The van der Waals surface area contributed by atoms with Crippen LogP contribution in [-0.4, -0.2) is 71.4 Å². The number of carbonyl (C=O) groups is 1. The number of sulfone groups is 1. The van der Waals surface area contributed by atoms with Crippen molar-refractivity contribution in [3.8, 4) is 11.5 Å². The first-order valence-corrected chi connectivity index (χ1v) is 12.9. The lowest BCUT2D eigenvalue weighted by Crippen LogP contribution is -2.37. The van der Waals surface area contributed by atoms with Crippen molar-refractivity contribution in [2.45, 2.75) is 18.2 Å². The highest BCUT2D eigenvalue weighted by molar-refractivity contribution is 7.92. The minimum atomic E-state index is -3.80.